The van der Waals surface area contributed by atoms with Crippen LogP contribution in [0.15, 0.2) is 6.33 Å². The molecule has 2 fully saturated rings. The Bertz CT molecular complexity index is 386. The molecule has 3 atom stereocenters. The summed E-state index contributed by atoms with van der Waals surface area (Å²) in [5.74, 6) is 2.67. The van der Waals surface area contributed by atoms with E-state index in [4.69, 9.17) is 5.73 Å². The second-order valence-corrected chi connectivity index (χ2v) is 5.48. The number of aryl methyl sites for hydroxylation is 1. The topological polar surface area (TPSA) is 56.7 Å². The second kappa shape index (κ2) is 3.55. The Morgan fingerprint density at radius 3 is 3.06 bits per heavy atom. The van der Waals surface area contributed by atoms with Gasteiger partial charge in [-0.25, -0.2) is 4.98 Å². The van der Waals surface area contributed by atoms with E-state index >= 15 is 0 Å². The fourth-order valence-corrected chi connectivity index (χ4v) is 3.69. The Morgan fingerprint density at radius 2 is 2.44 bits per heavy atom. The molecule has 3 unspecified atom stereocenters. The smallest absolute Gasteiger partial charge is 0.138 e. The van der Waals surface area contributed by atoms with Gasteiger partial charge < -0.3 is 5.73 Å². The van der Waals surface area contributed by atoms with E-state index in [1.165, 1.54) is 25.7 Å². The summed E-state index contributed by atoms with van der Waals surface area (Å²) in [6.45, 7) is 2.99. The van der Waals surface area contributed by atoms with Crippen LogP contribution in [0.1, 0.15) is 38.4 Å². The van der Waals surface area contributed by atoms with Crippen LogP contribution in [-0.4, -0.2) is 20.3 Å². The van der Waals surface area contributed by atoms with E-state index < -0.39 is 0 Å². The van der Waals surface area contributed by atoms with Crippen molar-refractivity contribution in [2.24, 2.45) is 17.6 Å². The molecule has 1 aromatic heterocycles. The number of aromatic nitrogens is 3. The van der Waals surface area contributed by atoms with Crippen LogP contribution in [0.2, 0.25) is 0 Å². The highest BCUT2D eigenvalue weighted by Gasteiger charge is 2.48. The number of hydrogen-bond donors (Lipinski definition) is 1. The Kier molecular flexibility index (Phi) is 2.28. The normalized spacial score (nSPS) is 37.1. The van der Waals surface area contributed by atoms with E-state index in [9.17, 15) is 0 Å². The predicted octanol–water partition coefficient (Wildman–Crippen LogP) is 1.36. The summed E-state index contributed by atoms with van der Waals surface area (Å²) in [6.07, 6.45) is 7.80. The van der Waals surface area contributed by atoms with Crippen LogP contribution in [0, 0.1) is 11.8 Å². The first-order valence-electron chi connectivity index (χ1n) is 6.37. The molecule has 0 aliphatic heterocycles. The van der Waals surface area contributed by atoms with Crippen molar-refractivity contribution in [3.05, 3.63) is 12.2 Å². The van der Waals surface area contributed by atoms with E-state index in [-0.39, 0.29) is 5.54 Å². The number of rotatable bonds is 3. The van der Waals surface area contributed by atoms with Crippen LogP contribution < -0.4 is 5.73 Å². The quantitative estimate of drug-likeness (QED) is 0.836. The molecule has 1 aromatic rings. The van der Waals surface area contributed by atoms with Gasteiger partial charge in [-0.1, -0.05) is 6.42 Å². The molecule has 2 bridgehead atoms. The van der Waals surface area contributed by atoms with Gasteiger partial charge in [0.25, 0.3) is 0 Å². The van der Waals surface area contributed by atoms with Gasteiger partial charge in [-0.2, -0.15) is 5.10 Å². The highest BCUT2D eigenvalue weighted by molar-refractivity contribution is 5.09. The number of fused-ring (bicyclic) bond motifs is 2. The van der Waals surface area contributed by atoms with Crippen LogP contribution >= 0.6 is 0 Å². The van der Waals surface area contributed by atoms with Crippen LogP contribution in [0.25, 0.3) is 0 Å². The van der Waals surface area contributed by atoms with Crippen LogP contribution in [0.4, 0.5) is 0 Å². The third-order valence-electron chi connectivity index (χ3n) is 4.51. The lowest BCUT2D eigenvalue weighted by molar-refractivity contribution is 0.262. The van der Waals surface area contributed by atoms with Crippen molar-refractivity contribution >= 4 is 0 Å². The van der Waals surface area contributed by atoms with E-state index in [1.54, 1.807) is 6.33 Å². The Hall–Kier alpha value is -0.900. The SMILES string of the molecule is CCn1ncnc1CC1(N)CC2CCC1C2. The molecule has 0 amide bonds. The maximum Gasteiger partial charge on any atom is 0.138 e. The second-order valence-electron chi connectivity index (χ2n) is 5.48. The molecule has 1 heterocycles. The molecule has 16 heavy (non-hydrogen) atoms. The summed E-state index contributed by atoms with van der Waals surface area (Å²) < 4.78 is 1.97. The molecule has 4 nitrogen and oxygen atoms in total. The largest absolute Gasteiger partial charge is 0.324 e. The van der Waals surface area contributed by atoms with E-state index in [1.807, 2.05) is 4.68 Å². The lowest BCUT2D eigenvalue weighted by Gasteiger charge is -2.33. The third kappa shape index (κ3) is 1.47. The van der Waals surface area contributed by atoms with Gasteiger partial charge in [-0.05, 0) is 38.0 Å². The number of hydrogen-bond acceptors (Lipinski definition) is 3. The average molecular weight is 220 g/mol. The molecule has 88 valence electrons. The fraction of sp³-hybridized carbons (Fsp3) is 0.833. The molecule has 3 rings (SSSR count). The highest BCUT2D eigenvalue weighted by Crippen LogP contribution is 2.50. The molecule has 2 aliphatic carbocycles. The Morgan fingerprint density at radius 1 is 1.56 bits per heavy atom. The average Bonchev–Trinajstić information content (AvgIpc) is 2.92. The Labute approximate surface area is 96.2 Å². The molecule has 0 spiro atoms. The van der Waals surface area contributed by atoms with E-state index in [0.29, 0.717) is 0 Å². The zero-order chi connectivity index (χ0) is 11.2. The molecular formula is C12H20N4. The first-order chi connectivity index (χ1) is 7.71. The summed E-state index contributed by atoms with van der Waals surface area (Å²) >= 11 is 0. The van der Waals surface area contributed by atoms with Crippen LogP contribution in [-0.2, 0) is 13.0 Å². The van der Waals surface area contributed by atoms with Gasteiger partial charge in [0.15, 0.2) is 0 Å². The van der Waals surface area contributed by atoms with Gasteiger partial charge in [0.1, 0.15) is 12.2 Å². The zero-order valence-corrected chi connectivity index (χ0v) is 9.89. The summed E-state index contributed by atoms with van der Waals surface area (Å²) in [5, 5.41) is 4.22. The van der Waals surface area contributed by atoms with Gasteiger partial charge in [0, 0.05) is 18.5 Å². The number of nitrogens with two attached hydrogens (primary N) is 1. The first-order valence-corrected chi connectivity index (χ1v) is 6.37. The van der Waals surface area contributed by atoms with Crippen molar-refractivity contribution in [2.45, 2.75) is 51.1 Å². The van der Waals surface area contributed by atoms with E-state index in [0.717, 1.165) is 30.6 Å². The minimum absolute atomic E-state index is 0.00285. The fourth-order valence-electron chi connectivity index (χ4n) is 3.69. The molecule has 0 saturated heterocycles. The summed E-state index contributed by atoms with van der Waals surface area (Å²) in [7, 11) is 0. The third-order valence-corrected chi connectivity index (χ3v) is 4.51. The monoisotopic (exact) mass is 220 g/mol. The maximum absolute atomic E-state index is 6.58. The Balaban J connectivity index is 1.79. The first kappa shape index (κ1) is 10.3. The van der Waals surface area contributed by atoms with Gasteiger partial charge in [-0.3, -0.25) is 4.68 Å². The standard InChI is InChI=1S/C12H20N4/c1-2-16-11(14-8-15-16)7-12(13)6-9-3-4-10(12)5-9/h8-10H,2-7,13H2,1H3. The summed E-state index contributed by atoms with van der Waals surface area (Å²) in [6, 6.07) is 0. The molecule has 2 saturated carbocycles. The van der Waals surface area contributed by atoms with Gasteiger partial charge in [0.2, 0.25) is 0 Å². The van der Waals surface area contributed by atoms with Crippen molar-refractivity contribution in [3.8, 4) is 0 Å². The molecule has 2 N–H and O–H groups in total. The van der Waals surface area contributed by atoms with Gasteiger partial charge in [0.05, 0.1) is 0 Å². The molecule has 0 radical (unpaired) electrons. The molecule has 0 aromatic carbocycles. The zero-order valence-electron chi connectivity index (χ0n) is 9.89. The van der Waals surface area contributed by atoms with Crippen molar-refractivity contribution < 1.29 is 0 Å². The van der Waals surface area contributed by atoms with Gasteiger partial charge in [-0.15, -0.1) is 0 Å². The van der Waals surface area contributed by atoms with Crippen LogP contribution in [0.5, 0.6) is 0 Å². The minimum atomic E-state index is 0.00285. The highest BCUT2D eigenvalue weighted by atomic mass is 15.3. The molecule has 4 heteroatoms. The lowest BCUT2D eigenvalue weighted by Crippen LogP contribution is -2.47. The van der Waals surface area contributed by atoms with E-state index in [2.05, 4.69) is 17.0 Å². The molecule has 2 aliphatic rings. The minimum Gasteiger partial charge on any atom is -0.324 e. The van der Waals surface area contributed by atoms with Crippen molar-refractivity contribution in [1.29, 1.82) is 0 Å². The number of nitrogens with zero attached hydrogens (tertiary/aromatic N) is 3. The van der Waals surface area contributed by atoms with Crippen molar-refractivity contribution in [2.75, 3.05) is 0 Å². The summed E-state index contributed by atoms with van der Waals surface area (Å²) in [5.41, 5.74) is 6.58. The summed E-state index contributed by atoms with van der Waals surface area (Å²) in [4.78, 5) is 4.35. The van der Waals surface area contributed by atoms with Crippen LogP contribution in [0.3, 0.4) is 0 Å². The lowest BCUT2D eigenvalue weighted by atomic mass is 9.79. The molecular weight excluding hydrogens is 200 g/mol. The maximum atomic E-state index is 6.58. The van der Waals surface area contributed by atoms with Crippen molar-refractivity contribution in [1.82, 2.24) is 14.8 Å². The predicted molar refractivity (Wildman–Crippen MR) is 61.8 cm³/mol. The van der Waals surface area contributed by atoms with Gasteiger partial charge >= 0.3 is 0 Å². The van der Waals surface area contributed by atoms with Crippen molar-refractivity contribution in [3.63, 3.8) is 0 Å².